The Morgan fingerprint density at radius 3 is 1.20 bits per heavy atom. The molecule has 0 amide bonds. The Labute approximate surface area is 289 Å². The number of aliphatic hydroxyl groups excluding tert-OH is 1. The topological polar surface area (TPSA) is 190 Å². The molecule has 0 fully saturated rings. The molecule has 14 nitrogen and oxygen atoms in total. The fourth-order valence-electron chi connectivity index (χ4n) is 4.81. The number of phenolic OH excluding ortho intramolecular Hbond substituents is 1. The zero-order valence-electron chi connectivity index (χ0n) is 27.2. The molecule has 0 saturated heterocycles. The van der Waals surface area contributed by atoms with Gasteiger partial charge in [0, 0.05) is 36.7 Å². The van der Waals surface area contributed by atoms with E-state index in [1.165, 1.54) is 0 Å². The summed E-state index contributed by atoms with van der Waals surface area (Å²) in [5.74, 6) is 2.63. The van der Waals surface area contributed by atoms with Crippen LogP contribution in [0.4, 0.5) is 52.8 Å². The molecular weight excluding hydrogens is 632 g/mol. The third kappa shape index (κ3) is 10.2. The molecule has 6 rings (SSSR count). The summed E-state index contributed by atoms with van der Waals surface area (Å²) in [7, 11) is 0. The first kappa shape index (κ1) is 33.4. The minimum atomic E-state index is -0.0418. The van der Waals surface area contributed by atoms with Gasteiger partial charge < -0.3 is 42.1 Å². The Hall–Kier alpha value is -6.54. The van der Waals surface area contributed by atoms with E-state index in [4.69, 9.17) is 0 Å². The van der Waals surface area contributed by atoms with Crippen LogP contribution in [-0.4, -0.2) is 66.4 Å². The zero-order valence-corrected chi connectivity index (χ0v) is 27.2. The van der Waals surface area contributed by atoms with Gasteiger partial charge in [-0.3, -0.25) is 0 Å². The molecule has 0 aliphatic carbocycles. The summed E-state index contributed by atoms with van der Waals surface area (Å²) < 4.78 is 0. The van der Waals surface area contributed by atoms with E-state index in [9.17, 15) is 10.2 Å². The Balaban J connectivity index is 1.08. The molecule has 254 valence electrons. The van der Waals surface area contributed by atoms with Gasteiger partial charge in [-0.25, -0.2) is 0 Å². The van der Waals surface area contributed by atoms with Crippen LogP contribution >= 0.6 is 0 Å². The molecule has 0 unspecified atom stereocenters. The van der Waals surface area contributed by atoms with E-state index in [1.807, 2.05) is 97.1 Å². The molecule has 0 saturated carbocycles. The van der Waals surface area contributed by atoms with Gasteiger partial charge in [-0.1, -0.05) is 60.7 Å². The predicted molar refractivity (Wildman–Crippen MR) is 197 cm³/mol. The minimum Gasteiger partial charge on any atom is -0.508 e. The van der Waals surface area contributed by atoms with E-state index in [0.29, 0.717) is 55.3 Å². The van der Waals surface area contributed by atoms with Crippen LogP contribution in [0.2, 0.25) is 0 Å². The van der Waals surface area contributed by atoms with Crippen LogP contribution < -0.4 is 31.9 Å². The summed E-state index contributed by atoms with van der Waals surface area (Å²) in [5.41, 5.74) is 4.72. The monoisotopic (exact) mass is 670 g/mol. The lowest BCUT2D eigenvalue weighted by Gasteiger charge is -2.12. The molecule has 8 N–H and O–H groups in total. The van der Waals surface area contributed by atoms with Crippen molar-refractivity contribution in [3.05, 3.63) is 120 Å². The van der Waals surface area contributed by atoms with Crippen molar-refractivity contribution in [1.82, 2.24) is 29.9 Å². The van der Waals surface area contributed by atoms with Crippen molar-refractivity contribution in [2.24, 2.45) is 0 Å². The van der Waals surface area contributed by atoms with Crippen molar-refractivity contribution in [2.45, 2.75) is 12.8 Å². The molecule has 0 spiro atoms. The molecular formula is C36H38N12O2. The van der Waals surface area contributed by atoms with E-state index in [1.54, 1.807) is 12.1 Å². The van der Waals surface area contributed by atoms with Crippen LogP contribution in [0.15, 0.2) is 109 Å². The minimum absolute atomic E-state index is 0.0418. The highest BCUT2D eigenvalue weighted by Gasteiger charge is 2.10. The van der Waals surface area contributed by atoms with Gasteiger partial charge in [0.15, 0.2) is 0 Å². The van der Waals surface area contributed by atoms with E-state index in [2.05, 4.69) is 61.8 Å². The molecule has 2 aromatic heterocycles. The number of phenols is 1. The maximum Gasteiger partial charge on any atom is 0.233 e. The average Bonchev–Trinajstić information content (AvgIpc) is 3.13. The smallest absolute Gasteiger partial charge is 0.233 e. The number of anilines is 9. The lowest BCUT2D eigenvalue weighted by Crippen LogP contribution is -2.14. The SMILES string of the molecule is OCCNc1nc(NCCc2ccc(Nc3nc(NCCc4ccc(O)cc4)nc(Nc4ccccc4)n3)cc2)nc(Nc2ccccc2)n1. The molecule has 50 heavy (non-hydrogen) atoms. The second kappa shape index (κ2) is 17.0. The largest absolute Gasteiger partial charge is 0.508 e. The number of para-hydroxylation sites is 2. The van der Waals surface area contributed by atoms with Crippen molar-refractivity contribution in [1.29, 1.82) is 0 Å². The Morgan fingerprint density at radius 2 is 0.760 bits per heavy atom. The predicted octanol–water partition coefficient (Wildman–Crippen LogP) is 5.71. The normalized spacial score (nSPS) is 10.7. The molecule has 0 atom stereocenters. The number of aromatic hydroxyl groups is 1. The highest BCUT2D eigenvalue weighted by atomic mass is 16.3. The number of hydrogen-bond donors (Lipinski definition) is 8. The van der Waals surface area contributed by atoms with Crippen LogP contribution in [0.3, 0.4) is 0 Å². The first-order valence-corrected chi connectivity index (χ1v) is 16.2. The fraction of sp³-hybridized carbons (Fsp3) is 0.167. The number of aromatic nitrogens is 6. The standard InChI is InChI=1S/C36H38N12O2/c49-24-23-39-33-43-31(44-34(47-33)40-27-7-3-1-4-8-27)37-21-19-25-11-15-29(16-12-25)42-36-46-32(38-22-20-26-13-17-30(50)18-14-26)45-35(48-36)41-28-9-5-2-6-10-28/h1-18,49-50H,19-24H2,(H3,37,39,40,43,44,47)(H3,38,41,42,45,46,48). The van der Waals surface area contributed by atoms with E-state index in [-0.39, 0.29) is 12.4 Å². The third-order valence-electron chi connectivity index (χ3n) is 7.27. The maximum absolute atomic E-state index is 9.56. The first-order valence-electron chi connectivity index (χ1n) is 16.2. The van der Waals surface area contributed by atoms with Crippen molar-refractivity contribution < 1.29 is 10.2 Å². The van der Waals surface area contributed by atoms with Gasteiger partial charge >= 0.3 is 0 Å². The summed E-state index contributed by atoms with van der Waals surface area (Å²) in [6, 6.07) is 34.5. The molecule has 0 bridgehead atoms. The highest BCUT2D eigenvalue weighted by Crippen LogP contribution is 2.20. The maximum atomic E-state index is 9.56. The first-order chi connectivity index (χ1) is 24.6. The number of benzene rings is 4. The fourth-order valence-corrected chi connectivity index (χ4v) is 4.81. The van der Waals surface area contributed by atoms with Gasteiger partial charge in [-0.05, 0) is 72.5 Å². The Kier molecular flexibility index (Phi) is 11.4. The number of nitrogens with one attached hydrogen (secondary N) is 6. The molecule has 0 aliphatic rings. The lowest BCUT2D eigenvalue weighted by atomic mass is 10.1. The van der Waals surface area contributed by atoms with Crippen molar-refractivity contribution >= 4 is 52.8 Å². The van der Waals surface area contributed by atoms with Gasteiger partial charge in [0.1, 0.15) is 5.75 Å². The molecule has 4 aromatic carbocycles. The molecule has 6 aromatic rings. The van der Waals surface area contributed by atoms with Gasteiger partial charge in [0.25, 0.3) is 0 Å². The molecule has 2 heterocycles. The number of nitrogens with zero attached hydrogens (tertiary/aromatic N) is 6. The summed E-state index contributed by atoms with van der Waals surface area (Å²) in [5, 5.41) is 38.1. The van der Waals surface area contributed by atoms with Gasteiger partial charge in [0.05, 0.1) is 6.61 Å². The van der Waals surface area contributed by atoms with E-state index in [0.717, 1.165) is 41.0 Å². The van der Waals surface area contributed by atoms with E-state index < -0.39 is 0 Å². The average molecular weight is 671 g/mol. The van der Waals surface area contributed by atoms with Gasteiger partial charge in [0.2, 0.25) is 35.7 Å². The lowest BCUT2D eigenvalue weighted by molar-refractivity contribution is 0.311. The third-order valence-corrected chi connectivity index (χ3v) is 7.27. The van der Waals surface area contributed by atoms with Crippen molar-refractivity contribution in [3.63, 3.8) is 0 Å². The van der Waals surface area contributed by atoms with Crippen LogP contribution in [0.5, 0.6) is 5.75 Å². The molecule has 0 aliphatic heterocycles. The highest BCUT2D eigenvalue weighted by molar-refractivity contribution is 5.60. The van der Waals surface area contributed by atoms with Crippen LogP contribution in [0.25, 0.3) is 0 Å². The number of aliphatic hydroxyl groups is 1. The van der Waals surface area contributed by atoms with E-state index >= 15 is 0 Å². The molecule has 0 radical (unpaired) electrons. The number of rotatable bonds is 17. The van der Waals surface area contributed by atoms with Crippen LogP contribution in [0.1, 0.15) is 11.1 Å². The second-order valence-corrected chi connectivity index (χ2v) is 11.1. The Morgan fingerprint density at radius 1 is 0.400 bits per heavy atom. The van der Waals surface area contributed by atoms with Gasteiger partial charge in [-0.2, -0.15) is 29.9 Å². The van der Waals surface area contributed by atoms with Crippen LogP contribution in [-0.2, 0) is 12.8 Å². The second-order valence-electron chi connectivity index (χ2n) is 11.1. The van der Waals surface area contributed by atoms with Gasteiger partial charge in [-0.15, -0.1) is 0 Å². The van der Waals surface area contributed by atoms with Crippen molar-refractivity contribution in [3.8, 4) is 5.75 Å². The summed E-state index contributed by atoms with van der Waals surface area (Å²) in [4.78, 5) is 27.1. The quantitative estimate of drug-likeness (QED) is 0.0589. The zero-order chi connectivity index (χ0) is 34.4. The molecule has 14 heteroatoms. The summed E-state index contributed by atoms with van der Waals surface area (Å²) in [6.45, 7) is 1.46. The van der Waals surface area contributed by atoms with Crippen molar-refractivity contribution in [2.75, 3.05) is 58.1 Å². The van der Waals surface area contributed by atoms with Crippen LogP contribution in [0, 0.1) is 0 Å². The summed E-state index contributed by atoms with van der Waals surface area (Å²) >= 11 is 0. The summed E-state index contributed by atoms with van der Waals surface area (Å²) in [6.07, 6.45) is 1.45. The Bertz CT molecular complexity index is 1930. The number of hydrogen-bond acceptors (Lipinski definition) is 14.